The van der Waals surface area contributed by atoms with Crippen LogP contribution in [0.4, 0.5) is 16.1 Å². The number of halogens is 2. The first-order valence-electron chi connectivity index (χ1n) is 4.47. The number of rotatable bonds is 3. The Bertz CT molecular complexity index is 570. The Kier molecular flexibility index (Phi) is 3.10. The van der Waals surface area contributed by atoms with Gasteiger partial charge in [0.15, 0.2) is 5.69 Å². The molecular formula is C10H6BrFN2O3. The molecule has 7 heteroatoms. The fraction of sp³-hybridized carbons (Fsp3) is 0. The third-order valence-corrected chi connectivity index (χ3v) is 2.55. The molecule has 17 heavy (non-hydrogen) atoms. The molecule has 0 fully saturated rings. The zero-order valence-corrected chi connectivity index (χ0v) is 9.86. The summed E-state index contributed by atoms with van der Waals surface area (Å²) >= 11 is 3.15. The first kappa shape index (κ1) is 11.6. The third-order valence-electron chi connectivity index (χ3n) is 1.90. The molecule has 0 amide bonds. The van der Waals surface area contributed by atoms with Crippen molar-refractivity contribution in [2.75, 3.05) is 5.32 Å². The first-order valence-corrected chi connectivity index (χ1v) is 5.26. The van der Waals surface area contributed by atoms with Crippen LogP contribution in [0.25, 0.3) is 0 Å². The first-order chi connectivity index (χ1) is 8.06. The lowest BCUT2D eigenvalue weighted by Crippen LogP contribution is -1.97. The van der Waals surface area contributed by atoms with Gasteiger partial charge in [-0.3, -0.25) is 0 Å². The molecule has 1 heterocycles. The van der Waals surface area contributed by atoms with Gasteiger partial charge in [0.1, 0.15) is 12.1 Å². The van der Waals surface area contributed by atoms with Crippen molar-refractivity contribution in [2.24, 2.45) is 0 Å². The average Bonchev–Trinajstić information content (AvgIpc) is 2.71. The molecule has 0 spiro atoms. The van der Waals surface area contributed by atoms with Crippen LogP contribution in [0.15, 0.2) is 33.4 Å². The number of carbonyl (C=O) groups is 1. The predicted molar refractivity (Wildman–Crippen MR) is 60.8 cm³/mol. The lowest BCUT2D eigenvalue weighted by Gasteiger charge is -2.03. The van der Waals surface area contributed by atoms with E-state index in [4.69, 9.17) is 9.52 Å². The SMILES string of the molecule is O=C(O)c1coc(Nc2ccc(F)cc2Br)n1. The van der Waals surface area contributed by atoms with Gasteiger partial charge in [-0.1, -0.05) is 0 Å². The molecule has 0 aliphatic carbocycles. The number of oxazole rings is 1. The van der Waals surface area contributed by atoms with E-state index >= 15 is 0 Å². The third kappa shape index (κ3) is 2.62. The summed E-state index contributed by atoms with van der Waals surface area (Å²) in [6, 6.07) is 4.02. The van der Waals surface area contributed by atoms with Crippen molar-refractivity contribution >= 4 is 33.6 Å². The Morgan fingerprint density at radius 1 is 1.53 bits per heavy atom. The second kappa shape index (κ2) is 4.54. The molecule has 2 rings (SSSR count). The maximum Gasteiger partial charge on any atom is 0.357 e. The van der Waals surface area contributed by atoms with Crippen LogP contribution in [0, 0.1) is 5.82 Å². The average molecular weight is 301 g/mol. The maximum atomic E-state index is 12.8. The standard InChI is InChI=1S/C10H6BrFN2O3/c11-6-3-5(12)1-2-7(6)13-10-14-8(4-17-10)9(15)16/h1-4H,(H,13,14)(H,15,16). The second-order valence-corrected chi connectivity index (χ2v) is 3.95. The van der Waals surface area contributed by atoms with Crippen molar-refractivity contribution in [3.05, 3.63) is 40.4 Å². The number of hydrogen-bond donors (Lipinski definition) is 2. The smallest absolute Gasteiger partial charge is 0.357 e. The van der Waals surface area contributed by atoms with Crippen molar-refractivity contribution in [3.63, 3.8) is 0 Å². The number of benzene rings is 1. The zero-order valence-electron chi connectivity index (χ0n) is 8.28. The van der Waals surface area contributed by atoms with E-state index in [9.17, 15) is 9.18 Å². The second-order valence-electron chi connectivity index (χ2n) is 3.09. The number of aromatic nitrogens is 1. The summed E-state index contributed by atoms with van der Waals surface area (Å²) < 4.78 is 18.2. The van der Waals surface area contributed by atoms with Gasteiger partial charge in [-0.15, -0.1) is 0 Å². The summed E-state index contributed by atoms with van der Waals surface area (Å²) in [4.78, 5) is 14.2. The van der Waals surface area contributed by atoms with Gasteiger partial charge in [-0.05, 0) is 34.1 Å². The number of carboxylic acid groups (broad SMARTS) is 1. The van der Waals surface area contributed by atoms with Crippen LogP contribution < -0.4 is 5.32 Å². The summed E-state index contributed by atoms with van der Waals surface area (Å²) in [6.45, 7) is 0. The molecule has 2 aromatic rings. The highest BCUT2D eigenvalue weighted by atomic mass is 79.9. The van der Waals surface area contributed by atoms with Crippen LogP contribution >= 0.6 is 15.9 Å². The number of nitrogens with zero attached hydrogens (tertiary/aromatic N) is 1. The number of aromatic carboxylic acids is 1. The molecule has 0 saturated heterocycles. The van der Waals surface area contributed by atoms with E-state index in [1.165, 1.54) is 18.2 Å². The normalized spacial score (nSPS) is 10.2. The molecular weight excluding hydrogens is 295 g/mol. The molecule has 0 atom stereocenters. The Balaban J connectivity index is 2.22. The van der Waals surface area contributed by atoms with Gasteiger partial charge in [0.25, 0.3) is 6.01 Å². The summed E-state index contributed by atoms with van der Waals surface area (Å²) in [5, 5.41) is 11.4. The topological polar surface area (TPSA) is 75.4 Å². The Morgan fingerprint density at radius 3 is 2.88 bits per heavy atom. The Labute approximate surface area is 103 Å². The van der Waals surface area contributed by atoms with Crippen LogP contribution in [0.2, 0.25) is 0 Å². The quantitative estimate of drug-likeness (QED) is 0.911. The van der Waals surface area contributed by atoms with Gasteiger partial charge in [-0.2, -0.15) is 4.98 Å². The summed E-state index contributed by atoms with van der Waals surface area (Å²) in [7, 11) is 0. The van der Waals surface area contributed by atoms with Crippen LogP contribution in [-0.4, -0.2) is 16.1 Å². The zero-order chi connectivity index (χ0) is 12.4. The summed E-state index contributed by atoms with van der Waals surface area (Å²) in [5.41, 5.74) is 0.316. The number of carboxylic acids is 1. The van der Waals surface area contributed by atoms with Crippen LogP contribution in [-0.2, 0) is 0 Å². The highest BCUT2D eigenvalue weighted by molar-refractivity contribution is 9.10. The van der Waals surface area contributed by atoms with E-state index in [-0.39, 0.29) is 17.5 Å². The fourth-order valence-electron chi connectivity index (χ4n) is 1.14. The van der Waals surface area contributed by atoms with Gasteiger partial charge < -0.3 is 14.8 Å². The van der Waals surface area contributed by atoms with Crippen molar-refractivity contribution in [3.8, 4) is 0 Å². The molecule has 2 N–H and O–H groups in total. The lowest BCUT2D eigenvalue weighted by molar-refractivity contribution is 0.0690. The molecule has 0 unspecified atom stereocenters. The number of anilines is 2. The molecule has 88 valence electrons. The van der Waals surface area contributed by atoms with Gasteiger partial charge >= 0.3 is 5.97 Å². The fourth-order valence-corrected chi connectivity index (χ4v) is 1.59. The molecule has 0 bridgehead atoms. The molecule has 0 radical (unpaired) electrons. The molecule has 1 aromatic carbocycles. The summed E-state index contributed by atoms with van der Waals surface area (Å²) in [6.07, 6.45) is 1.02. The van der Waals surface area contributed by atoms with Gasteiger partial charge in [-0.25, -0.2) is 9.18 Å². The van der Waals surface area contributed by atoms with Crippen LogP contribution in [0.5, 0.6) is 0 Å². The monoisotopic (exact) mass is 300 g/mol. The maximum absolute atomic E-state index is 12.8. The molecule has 0 aliphatic heterocycles. The van der Waals surface area contributed by atoms with E-state index in [2.05, 4.69) is 26.2 Å². The van der Waals surface area contributed by atoms with Gasteiger partial charge in [0.2, 0.25) is 0 Å². The van der Waals surface area contributed by atoms with E-state index in [0.717, 1.165) is 6.26 Å². The van der Waals surface area contributed by atoms with E-state index in [0.29, 0.717) is 10.2 Å². The van der Waals surface area contributed by atoms with E-state index < -0.39 is 5.97 Å². The van der Waals surface area contributed by atoms with E-state index in [1.54, 1.807) is 0 Å². The number of nitrogens with one attached hydrogen (secondary N) is 1. The van der Waals surface area contributed by atoms with Crippen molar-refractivity contribution in [1.82, 2.24) is 4.98 Å². The largest absolute Gasteiger partial charge is 0.476 e. The van der Waals surface area contributed by atoms with Crippen molar-refractivity contribution in [1.29, 1.82) is 0 Å². The molecule has 0 saturated carbocycles. The molecule has 5 nitrogen and oxygen atoms in total. The van der Waals surface area contributed by atoms with Crippen LogP contribution in [0.3, 0.4) is 0 Å². The van der Waals surface area contributed by atoms with Crippen molar-refractivity contribution in [2.45, 2.75) is 0 Å². The summed E-state index contributed by atoms with van der Waals surface area (Å²) in [5.74, 6) is -1.57. The Hall–Kier alpha value is -1.89. The molecule has 1 aromatic heterocycles. The van der Waals surface area contributed by atoms with Crippen molar-refractivity contribution < 1.29 is 18.7 Å². The predicted octanol–water partition coefficient (Wildman–Crippen LogP) is 3.02. The highest BCUT2D eigenvalue weighted by Crippen LogP contribution is 2.26. The van der Waals surface area contributed by atoms with Gasteiger partial charge in [0, 0.05) is 4.47 Å². The molecule has 0 aliphatic rings. The minimum Gasteiger partial charge on any atom is -0.476 e. The number of hydrogen-bond acceptors (Lipinski definition) is 4. The minimum absolute atomic E-state index is 0.0229. The van der Waals surface area contributed by atoms with Gasteiger partial charge in [0.05, 0.1) is 5.69 Å². The Morgan fingerprint density at radius 2 is 2.29 bits per heavy atom. The minimum atomic E-state index is -1.18. The van der Waals surface area contributed by atoms with E-state index in [1.807, 2.05) is 0 Å². The lowest BCUT2D eigenvalue weighted by atomic mass is 10.3. The highest BCUT2D eigenvalue weighted by Gasteiger charge is 2.11. The van der Waals surface area contributed by atoms with Crippen LogP contribution in [0.1, 0.15) is 10.5 Å².